The van der Waals surface area contributed by atoms with E-state index >= 15 is 0 Å². The molecule has 0 aromatic carbocycles. The summed E-state index contributed by atoms with van der Waals surface area (Å²) in [6.07, 6.45) is 0. The first-order chi connectivity index (χ1) is 9.68. The molecular weight excluding hydrogens is 360 g/mol. The fraction of sp³-hybridized carbons (Fsp3) is 0.692. The Morgan fingerprint density at radius 2 is 1.95 bits per heavy atom. The molecule has 0 unspecified atom stereocenters. The highest BCUT2D eigenvalue weighted by molar-refractivity contribution is 9.10. The van der Waals surface area contributed by atoms with Crippen LogP contribution in [0, 0.1) is 5.92 Å². The lowest BCUT2D eigenvalue weighted by atomic mass is 10.2. The molecule has 1 N–H and O–H groups in total. The normalized spacial score (nSPS) is 12.8. The van der Waals surface area contributed by atoms with Gasteiger partial charge in [-0.25, -0.2) is 8.42 Å². The van der Waals surface area contributed by atoms with E-state index in [0.717, 1.165) is 0 Å². The molecule has 122 valence electrons. The molecule has 0 atom stereocenters. The largest absolute Gasteiger partial charge is 0.450 e. The van der Waals surface area contributed by atoms with Gasteiger partial charge >= 0.3 is 0 Å². The summed E-state index contributed by atoms with van der Waals surface area (Å²) in [4.78, 5) is 2.00. The molecule has 1 aromatic rings. The second-order valence-corrected chi connectivity index (χ2v) is 8.20. The van der Waals surface area contributed by atoms with Gasteiger partial charge in [-0.05, 0) is 35.9 Å². The lowest BCUT2D eigenvalue weighted by molar-refractivity contribution is 0.245. The zero-order valence-electron chi connectivity index (χ0n) is 12.8. The van der Waals surface area contributed by atoms with Gasteiger partial charge in [-0.2, -0.15) is 4.31 Å². The van der Waals surface area contributed by atoms with E-state index in [0.29, 0.717) is 19.6 Å². The first-order valence-electron chi connectivity index (χ1n) is 6.72. The molecule has 21 heavy (non-hydrogen) atoms. The van der Waals surface area contributed by atoms with Crippen LogP contribution < -0.4 is 0 Å². The molecule has 0 aliphatic carbocycles. The van der Waals surface area contributed by atoms with Crippen LogP contribution in [-0.2, 0) is 16.6 Å². The Hall–Kier alpha value is -0.410. The summed E-state index contributed by atoms with van der Waals surface area (Å²) in [5, 5.41) is 9.07. The maximum atomic E-state index is 12.8. The molecule has 0 radical (unpaired) electrons. The number of rotatable bonds is 8. The van der Waals surface area contributed by atoms with E-state index in [9.17, 15) is 8.42 Å². The number of aliphatic hydroxyl groups is 1. The van der Waals surface area contributed by atoms with Crippen molar-refractivity contribution in [3.63, 3.8) is 0 Å². The lowest BCUT2D eigenvalue weighted by Crippen LogP contribution is -2.38. The van der Waals surface area contributed by atoms with Gasteiger partial charge in [0.1, 0.15) is 17.3 Å². The predicted octanol–water partition coefficient (Wildman–Crippen LogP) is 1.74. The van der Waals surface area contributed by atoms with Gasteiger partial charge in [-0.1, -0.05) is 13.8 Å². The van der Waals surface area contributed by atoms with Crippen LogP contribution in [-0.4, -0.2) is 56.5 Å². The standard InChI is InChI=1S/C13H23BrN2O4S/c1-10(2)8-16(6-5-15(3)4)21(18,19)12-7-11(9-17)20-13(12)14/h7,10,17H,5-6,8-9H2,1-4H3. The van der Waals surface area contributed by atoms with Crippen LogP contribution in [0.15, 0.2) is 20.0 Å². The minimum Gasteiger partial charge on any atom is -0.450 e. The monoisotopic (exact) mass is 382 g/mol. The average Bonchev–Trinajstić information content (AvgIpc) is 2.75. The average molecular weight is 383 g/mol. The summed E-state index contributed by atoms with van der Waals surface area (Å²) in [7, 11) is 0.144. The zero-order chi connectivity index (χ0) is 16.2. The summed E-state index contributed by atoms with van der Waals surface area (Å²) >= 11 is 3.11. The summed E-state index contributed by atoms with van der Waals surface area (Å²) in [5.74, 6) is 0.433. The minimum atomic E-state index is -3.66. The molecule has 8 heteroatoms. The van der Waals surface area contributed by atoms with E-state index in [1.165, 1.54) is 10.4 Å². The van der Waals surface area contributed by atoms with Crippen LogP contribution in [0.5, 0.6) is 0 Å². The number of furan rings is 1. The van der Waals surface area contributed by atoms with E-state index in [2.05, 4.69) is 15.9 Å². The highest BCUT2D eigenvalue weighted by Crippen LogP contribution is 2.29. The van der Waals surface area contributed by atoms with Crippen molar-refractivity contribution in [2.45, 2.75) is 25.3 Å². The third-order valence-corrected chi connectivity index (χ3v) is 5.57. The third-order valence-electron chi connectivity index (χ3n) is 2.85. The Morgan fingerprint density at radius 1 is 1.33 bits per heavy atom. The summed E-state index contributed by atoms with van der Waals surface area (Å²) < 4.78 is 32.3. The van der Waals surface area contributed by atoms with E-state index in [4.69, 9.17) is 9.52 Å². The molecule has 0 aliphatic rings. The van der Waals surface area contributed by atoms with Crippen LogP contribution in [0.25, 0.3) is 0 Å². The van der Waals surface area contributed by atoms with Crippen molar-refractivity contribution in [2.75, 3.05) is 33.7 Å². The topological polar surface area (TPSA) is 74.0 Å². The van der Waals surface area contributed by atoms with E-state index in [1.807, 2.05) is 32.8 Å². The molecule has 1 rings (SSSR count). The summed E-state index contributed by atoms with van der Waals surface area (Å²) in [5.41, 5.74) is 0. The van der Waals surface area contributed by atoms with Crippen LogP contribution >= 0.6 is 15.9 Å². The fourth-order valence-electron chi connectivity index (χ4n) is 1.82. The number of sulfonamides is 1. The predicted molar refractivity (Wildman–Crippen MR) is 84.5 cm³/mol. The van der Waals surface area contributed by atoms with Gasteiger partial charge in [-0.15, -0.1) is 0 Å². The highest BCUT2D eigenvalue weighted by atomic mass is 79.9. The van der Waals surface area contributed by atoms with Crippen molar-refractivity contribution in [3.05, 3.63) is 16.5 Å². The van der Waals surface area contributed by atoms with Crippen molar-refractivity contribution in [1.29, 1.82) is 0 Å². The van der Waals surface area contributed by atoms with E-state index in [1.54, 1.807) is 0 Å². The molecule has 0 amide bonds. The molecule has 0 saturated carbocycles. The Morgan fingerprint density at radius 3 is 2.38 bits per heavy atom. The Labute approximate surface area is 134 Å². The Balaban J connectivity index is 3.09. The van der Waals surface area contributed by atoms with Gasteiger partial charge in [0.05, 0.1) is 0 Å². The van der Waals surface area contributed by atoms with Gasteiger partial charge in [0.15, 0.2) is 4.67 Å². The van der Waals surface area contributed by atoms with Crippen molar-refractivity contribution >= 4 is 26.0 Å². The highest BCUT2D eigenvalue weighted by Gasteiger charge is 2.29. The molecule has 0 bridgehead atoms. The number of nitrogens with zero attached hydrogens (tertiary/aromatic N) is 2. The zero-order valence-corrected chi connectivity index (χ0v) is 15.2. The molecule has 0 aliphatic heterocycles. The first-order valence-corrected chi connectivity index (χ1v) is 8.95. The summed E-state index contributed by atoms with van der Waals surface area (Å²) in [6.45, 7) is 5.08. The minimum absolute atomic E-state index is 0.0611. The van der Waals surface area contributed by atoms with Crippen LogP contribution in [0.4, 0.5) is 0 Å². The van der Waals surface area contributed by atoms with Gasteiger partial charge < -0.3 is 14.4 Å². The Bertz CT molecular complexity index is 555. The molecule has 0 spiro atoms. The number of halogens is 1. The van der Waals surface area contributed by atoms with Crippen molar-refractivity contribution in [2.24, 2.45) is 5.92 Å². The number of hydrogen-bond acceptors (Lipinski definition) is 5. The van der Waals surface area contributed by atoms with Crippen molar-refractivity contribution < 1.29 is 17.9 Å². The molecule has 1 aromatic heterocycles. The number of likely N-dealkylation sites (N-methyl/N-ethyl adjacent to an activating group) is 1. The van der Waals surface area contributed by atoms with Crippen molar-refractivity contribution in [1.82, 2.24) is 9.21 Å². The SMILES string of the molecule is CC(C)CN(CCN(C)C)S(=O)(=O)c1cc(CO)oc1Br. The molecule has 0 saturated heterocycles. The third kappa shape index (κ3) is 5.07. The Kier molecular flexibility index (Phi) is 6.86. The molecule has 1 heterocycles. The first kappa shape index (κ1) is 18.6. The van der Waals surface area contributed by atoms with E-state index < -0.39 is 10.0 Å². The van der Waals surface area contributed by atoms with Gasteiger partial charge in [0.25, 0.3) is 0 Å². The fourth-order valence-corrected chi connectivity index (χ4v) is 4.37. The quantitative estimate of drug-likeness (QED) is 0.740. The molecular formula is C13H23BrN2O4S. The second-order valence-electron chi connectivity index (χ2n) is 5.57. The van der Waals surface area contributed by atoms with E-state index in [-0.39, 0.29) is 27.9 Å². The second kappa shape index (κ2) is 7.73. The summed E-state index contributed by atoms with van der Waals surface area (Å²) in [6, 6.07) is 1.36. The molecule has 6 nitrogen and oxygen atoms in total. The van der Waals surface area contributed by atoms with Gasteiger partial charge in [0, 0.05) is 25.7 Å². The van der Waals surface area contributed by atoms with Crippen LogP contribution in [0.3, 0.4) is 0 Å². The van der Waals surface area contributed by atoms with Gasteiger partial charge in [-0.3, -0.25) is 0 Å². The maximum Gasteiger partial charge on any atom is 0.247 e. The van der Waals surface area contributed by atoms with Crippen LogP contribution in [0.1, 0.15) is 19.6 Å². The van der Waals surface area contributed by atoms with Crippen LogP contribution in [0.2, 0.25) is 0 Å². The number of aliphatic hydroxyl groups excluding tert-OH is 1. The molecule has 0 fully saturated rings. The lowest BCUT2D eigenvalue weighted by Gasteiger charge is -2.24. The number of hydrogen-bond donors (Lipinski definition) is 1. The smallest absolute Gasteiger partial charge is 0.247 e. The van der Waals surface area contributed by atoms with Gasteiger partial charge in [0.2, 0.25) is 10.0 Å². The maximum absolute atomic E-state index is 12.8. The van der Waals surface area contributed by atoms with Crippen molar-refractivity contribution in [3.8, 4) is 0 Å².